The van der Waals surface area contributed by atoms with Gasteiger partial charge in [-0.15, -0.1) is 0 Å². The number of rotatable bonds is 6. The average molecular weight is 280 g/mol. The van der Waals surface area contributed by atoms with Gasteiger partial charge in [-0.3, -0.25) is 0 Å². The van der Waals surface area contributed by atoms with Crippen molar-refractivity contribution in [1.82, 2.24) is 0 Å². The summed E-state index contributed by atoms with van der Waals surface area (Å²) in [4.78, 5) is 23.0. The second kappa shape index (κ2) is 6.93. The molecule has 1 aromatic rings. The van der Waals surface area contributed by atoms with E-state index in [9.17, 15) is 9.59 Å². The van der Waals surface area contributed by atoms with Crippen LogP contribution in [-0.4, -0.2) is 31.3 Å². The topological polar surface area (TPSA) is 61.8 Å². The quantitative estimate of drug-likeness (QED) is 0.749. The van der Waals surface area contributed by atoms with Gasteiger partial charge in [0, 0.05) is 0 Å². The molecule has 20 heavy (non-hydrogen) atoms. The largest absolute Gasteiger partial charge is 0.482 e. The minimum absolute atomic E-state index is 0.200. The summed E-state index contributed by atoms with van der Waals surface area (Å²) in [5.41, 5.74) is -0.138. The maximum Gasteiger partial charge on any atom is 0.344 e. The van der Waals surface area contributed by atoms with Crippen molar-refractivity contribution in [3.8, 4) is 5.75 Å². The molecule has 0 spiro atoms. The summed E-state index contributed by atoms with van der Waals surface area (Å²) in [7, 11) is 1.31. The number of benzene rings is 1. The molecule has 110 valence electrons. The molecule has 5 heteroatoms. The lowest BCUT2D eigenvalue weighted by Gasteiger charge is -2.23. The number of ether oxygens (including phenoxy) is 3. The number of carbonyl (C=O) groups excluding carboxylic acids is 2. The third-order valence-electron chi connectivity index (χ3n) is 2.85. The van der Waals surface area contributed by atoms with Crippen LogP contribution in [0.25, 0.3) is 0 Å². The van der Waals surface area contributed by atoms with Crippen LogP contribution < -0.4 is 4.74 Å². The van der Waals surface area contributed by atoms with Crippen molar-refractivity contribution in [2.45, 2.75) is 32.8 Å². The van der Waals surface area contributed by atoms with E-state index in [4.69, 9.17) is 9.47 Å². The third-order valence-corrected chi connectivity index (χ3v) is 2.85. The SMILES string of the molecule is CCC(C)(C)OC(=O)COc1cccc(C(=O)OC)c1. The highest BCUT2D eigenvalue weighted by Crippen LogP contribution is 2.16. The molecule has 0 saturated carbocycles. The van der Waals surface area contributed by atoms with Crippen LogP contribution in [0.15, 0.2) is 24.3 Å². The van der Waals surface area contributed by atoms with Crippen LogP contribution >= 0.6 is 0 Å². The Morgan fingerprint density at radius 2 is 1.95 bits per heavy atom. The zero-order valence-corrected chi connectivity index (χ0v) is 12.3. The van der Waals surface area contributed by atoms with Gasteiger partial charge in [-0.05, 0) is 38.5 Å². The first-order chi connectivity index (χ1) is 9.38. The van der Waals surface area contributed by atoms with Gasteiger partial charge in [-0.25, -0.2) is 9.59 Å². The molecule has 0 heterocycles. The standard InChI is InChI=1S/C15H20O5/c1-5-15(2,3)20-13(16)10-19-12-8-6-7-11(9-12)14(17)18-4/h6-9H,5,10H2,1-4H3. The van der Waals surface area contributed by atoms with Crippen LogP contribution in [-0.2, 0) is 14.3 Å². The zero-order chi connectivity index (χ0) is 15.2. The van der Waals surface area contributed by atoms with E-state index < -0.39 is 17.5 Å². The highest BCUT2D eigenvalue weighted by molar-refractivity contribution is 5.89. The minimum Gasteiger partial charge on any atom is -0.482 e. The number of methoxy groups -OCH3 is 1. The molecule has 0 saturated heterocycles. The first-order valence-corrected chi connectivity index (χ1v) is 6.41. The summed E-state index contributed by atoms with van der Waals surface area (Å²) >= 11 is 0. The fourth-order valence-corrected chi connectivity index (χ4v) is 1.38. The Bertz CT molecular complexity index is 479. The molecule has 0 unspecified atom stereocenters. The number of esters is 2. The van der Waals surface area contributed by atoms with E-state index in [1.807, 2.05) is 20.8 Å². The van der Waals surface area contributed by atoms with Gasteiger partial charge in [0.2, 0.25) is 0 Å². The summed E-state index contributed by atoms with van der Waals surface area (Å²) in [6.45, 7) is 5.41. The lowest BCUT2D eigenvalue weighted by molar-refractivity contribution is -0.159. The van der Waals surface area contributed by atoms with Crippen LogP contribution in [0, 0.1) is 0 Å². The highest BCUT2D eigenvalue weighted by Gasteiger charge is 2.20. The molecule has 0 N–H and O–H groups in total. The first-order valence-electron chi connectivity index (χ1n) is 6.41. The lowest BCUT2D eigenvalue weighted by Crippen LogP contribution is -2.29. The van der Waals surface area contributed by atoms with E-state index >= 15 is 0 Å². The minimum atomic E-state index is -0.506. The van der Waals surface area contributed by atoms with Crippen molar-refractivity contribution in [2.75, 3.05) is 13.7 Å². The van der Waals surface area contributed by atoms with E-state index in [2.05, 4.69) is 4.74 Å². The van der Waals surface area contributed by atoms with Gasteiger partial charge >= 0.3 is 11.9 Å². The molecule has 1 rings (SSSR count). The highest BCUT2D eigenvalue weighted by atomic mass is 16.6. The Morgan fingerprint density at radius 3 is 2.55 bits per heavy atom. The summed E-state index contributed by atoms with van der Waals surface area (Å²) < 4.78 is 15.2. The molecular weight excluding hydrogens is 260 g/mol. The molecule has 0 aliphatic carbocycles. The summed E-state index contributed by atoms with van der Waals surface area (Å²) in [6.07, 6.45) is 0.719. The molecule has 0 aromatic heterocycles. The average Bonchev–Trinajstić information content (AvgIpc) is 2.44. The fraction of sp³-hybridized carbons (Fsp3) is 0.467. The van der Waals surface area contributed by atoms with Gasteiger partial charge in [0.05, 0.1) is 12.7 Å². The van der Waals surface area contributed by atoms with Gasteiger partial charge in [0.15, 0.2) is 6.61 Å². The Morgan fingerprint density at radius 1 is 1.25 bits per heavy atom. The smallest absolute Gasteiger partial charge is 0.344 e. The van der Waals surface area contributed by atoms with Gasteiger partial charge in [0.25, 0.3) is 0 Å². The normalized spacial score (nSPS) is 10.8. The molecule has 0 aliphatic heterocycles. The molecule has 0 amide bonds. The molecule has 0 aliphatic rings. The maximum absolute atomic E-state index is 11.6. The van der Waals surface area contributed by atoms with Gasteiger partial charge in [-0.1, -0.05) is 13.0 Å². The van der Waals surface area contributed by atoms with Crippen molar-refractivity contribution in [3.05, 3.63) is 29.8 Å². The second-order valence-corrected chi connectivity index (χ2v) is 4.90. The number of hydrogen-bond acceptors (Lipinski definition) is 5. The van der Waals surface area contributed by atoms with Crippen molar-refractivity contribution in [3.63, 3.8) is 0 Å². The molecule has 0 radical (unpaired) electrons. The van der Waals surface area contributed by atoms with E-state index in [1.165, 1.54) is 13.2 Å². The molecule has 5 nitrogen and oxygen atoms in total. The molecular formula is C15H20O5. The van der Waals surface area contributed by atoms with E-state index in [-0.39, 0.29) is 6.61 Å². The van der Waals surface area contributed by atoms with Crippen LogP contribution in [0.5, 0.6) is 5.75 Å². The Balaban J connectivity index is 2.58. The molecule has 0 atom stereocenters. The lowest BCUT2D eigenvalue weighted by atomic mass is 10.1. The van der Waals surface area contributed by atoms with Crippen LogP contribution in [0.4, 0.5) is 0 Å². The third kappa shape index (κ3) is 4.91. The van der Waals surface area contributed by atoms with E-state index in [1.54, 1.807) is 18.2 Å². The fourth-order valence-electron chi connectivity index (χ4n) is 1.38. The molecule has 1 aromatic carbocycles. The summed E-state index contributed by atoms with van der Waals surface area (Å²) in [5, 5.41) is 0. The maximum atomic E-state index is 11.6. The van der Waals surface area contributed by atoms with Crippen LogP contribution in [0.1, 0.15) is 37.6 Å². The van der Waals surface area contributed by atoms with Crippen LogP contribution in [0.3, 0.4) is 0 Å². The van der Waals surface area contributed by atoms with Crippen LogP contribution in [0.2, 0.25) is 0 Å². The van der Waals surface area contributed by atoms with Gasteiger partial charge < -0.3 is 14.2 Å². The monoisotopic (exact) mass is 280 g/mol. The number of carbonyl (C=O) groups is 2. The van der Waals surface area contributed by atoms with Crippen molar-refractivity contribution in [1.29, 1.82) is 0 Å². The molecule has 0 bridgehead atoms. The van der Waals surface area contributed by atoms with Gasteiger partial charge in [-0.2, -0.15) is 0 Å². The predicted octanol–water partition coefficient (Wildman–Crippen LogP) is 2.58. The Hall–Kier alpha value is -2.04. The zero-order valence-electron chi connectivity index (χ0n) is 12.3. The van der Waals surface area contributed by atoms with Gasteiger partial charge in [0.1, 0.15) is 11.4 Å². The second-order valence-electron chi connectivity index (χ2n) is 4.90. The Labute approximate surface area is 118 Å². The molecule has 0 fully saturated rings. The van der Waals surface area contributed by atoms with Crippen molar-refractivity contribution < 1.29 is 23.8 Å². The van der Waals surface area contributed by atoms with Crippen molar-refractivity contribution >= 4 is 11.9 Å². The predicted molar refractivity (Wildman–Crippen MR) is 73.7 cm³/mol. The summed E-state index contributed by atoms with van der Waals surface area (Å²) in [6, 6.07) is 6.44. The summed E-state index contributed by atoms with van der Waals surface area (Å²) in [5.74, 6) is -0.482. The Kier molecular flexibility index (Phi) is 5.55. The van der Waals surface area contributed by atoms with Crippen molar-refractivity contribution in [2.24, 2.45) is 0 Å². The van der Waals surface area contributed by atoms with E-state index in [0.29, 0.717) is 11.3 Å². The number of hydrogen-bond donors (Lipinski definition) is 0. The van der Waals surface area contributed by atoms with E-state index in [0.717, 1.165) is 6.42 Å². The first kappa shape index (κ1) is 16.0.